The molecule has 0 spiro atoms. The lowest BCUT2D eigenvalue weighted by molar-refractivity contribution is 0.405. The minimum absolute atomic E-state index is 0.885. The van der Waals surface area contributed by atoms with Gasteiger partial charge in [0.15, 0.2) is 0 Å². The molecule has 4 heteroatoms. The van der Waals surface area contributed by atoms with E-state index >= 15 is 0 Å². The van der Waals surface area contributed by atoms with Crippen molar-refractivity contribution in [1.29, 1.82) is 0 Å². The van der Waals surface area contributed by atoms with E-state index in [1.54, 1.807) is 7.11 Å². The average Bonchev–Trinajstić information content (AvgIpc) is 2.42. The number of aromatic nitrogens is 1. The maximum Gasteiger partial charge on any atom is 0.133 e. The van der Waals surface area contributed by atoms with E-state index in [9.17, 15) is 0 Å². The number of nitrogens with zero attached hydrogens (tertiary/aromatic N) is 2. The molecule has 0 aliphatic carbocycles. The summed E-state index contributed by atoms with van der Waals surface area (Å²) in [7, 11) is 5.86. The van der Waals surface area contributed by atoms with Gasteiger partial charge in [0, 0.05) is 23.5 Å². The summed E-state index contributed by atoms with van der Waals surface area (Å²) >= 11 is 0. The molecule has 0 amide bonds. The monoisotopic (exact) mass is 259 g/mol. The van der Waals surface area contributed by atoms with Crippen LogP contribution < -0.4 is 10.1 Å². The van der Waals surface area contributed by atoms with E-state index in [0.29, 0.717) is 0 Å². The fraction of sp³-hybridized carbons (Fsp3) is 0.400. The normalized spacial score (nSPS) is 10.9. The highest BCUT2D eigenvalue weighted by Crippen LogP contribution is 2.28. The van der Waals surface area contributed by atoms with E-state index in [1.165, 1.54) is 0 Å². The van der Waals surface area contributed by atoms with Crippen molar-refractivity contribution in [3.63, 3.8) is 0 Å². The first-order valence-corrected chi connectivity index (χ1v) is 6.52. The van der Waals surface area contributed by atoms with Crippen LogP contribution in [-0.4, -0.2) is 44.2 Å². The first-order valence-electron chi connectivity index (χ1n) is 6.52. The maximum absolute atomic E-state index is 5.38. The highest BCUT2D eigenvalue weighted by Gasteiger charge is 2.05. The molecule has 2 aromatic rings. The summed E-state index contributed by atoms with van der Waals surface area (Å²) < 4.78 is 5.38. The number of hydrogen-bond acceptors (Lipinski definition) is 4. The summed E-state index contributed by atoms with van der Waals surface area (Å²) in [6, 6.07) is 8.02. The van der Waals surface area contributed by atoms with Crippen LogP contribution in [0.1, 0.15) is 6.42 Å². The third kappa shape index (κ3) is 3.35. The number of pyridine rings is 1. The van der Waals surface area contributed by atoms with E-state index in [0.717, 1.165) is 41.9 Å². The summed E-state index contributed by atoms with van der Waals surface area (Å²) in [6.45, 7) is 1.99. The molecule has 2 rings (SSSR count). The minimum atomic E-state index is 0.885. The van der Waals surface area contributed by atoms with Gasteiger partial charge in [-0.05, 0) is 39.2 Å². The standard InChI is InChI=1S/C15H21N3O/c1-18(2)11-5-9-16-15-13-6-4-7-14(19-3)12(13)8-10-17-15/h4,6-8,10H,5,9,11H2,1-3H3,(H,16,17). The minimum Gasteiger partial charge on any atom is -0.496 e. The molecule has 102 valence electrons. The molecule has 4 nitrogen and oxygen atoms in total. The lowest BCUT2D eigenvalue weighted by Crippen LogP contribution is -2.16. The van der Waals surface area contributed by atoms with Crippen LogP contribution in [0.25, 0.3) is 10.8 Å². The van der Waals surface area contributed by atoms with Gasteiger partial charge < -0.3 is 15.0 Å². The number of rotatable bonds is 6. The highest BCUT2D eigenvalue weighted by molar-refractivity contribution is 5.95. The van der Waals surface area contributed by atoms with Gasteiger partial charge in [-0.25, -0.2) is 4.98 Å². The smallest absolute Gasteiger partial charge is 0.133 e. The van der Waals surface area contributed by atoms with E-state index in [-0.39, 0.29) is 0 Å². The third-order valence-corrected chi connectivity index (χ3v) is 3.06. The fourth-order valence-corrected chi connectivity index (χ4v) is 2.10. The highest BCUT2D eigenvalue weighted by atomic mass is 16.5. The molecule has 0 atom stereocenters. The summed E-state index contributed by atoms with van der Waals surface area (Å²) in [5.41, 5.74) is 0. The molecular formula is C15H21N3O. The van der Waals surface area contributed by atoms with Gasteiger partial charge in [-0.2, -0.15) is 0 Å². The Balaban J connectivity index is 2.15. The van der Waals surface area contributed by atoms with Gasteiger partial charge in [0.05, 0.1) is 7.11 Å². The van der Waals surface area contributed by atoms with Crippen molar-refractivity contribution >= 4 is 16.6 Å². The molecule has 0 radical (unpaired) electrons. The van der Waals surface area contributed by atoms with Crippen LogP contribution in [0.5, 0.6) is 5.75 Å². The number of benzene rings is 1. The van der Waals surface area contributed by atoms with Gasteiger partial charge >= 0.3 is 0 Å². The molecule has 0 aliphatic rings. The van der Waals surface area contributed by atoms with Gasteiger partial charge in [0.2, 0.25) is 0 Å². The summed E-state index contributed by atoms with van der Waals surface area (Å²) in [5.74, 6) is 1.81. The van der Waals surface area contributed by atoms with E-state index in [4.69, 9.17) is 4.74 Å². The van der Waals surface area contributed by atoms with Crippen LogP contribution in [0.15, 0.2) is 30.5 Å². The van der Waals surface area contributed by atoms with Crippen LogP contribution in [0, 0.1) is 0 Å². The second-order valence-electron chi connectivity index (χ2n) is 4.80. The number of ether oxygens (including phenoxy) is 1. The SMILES string of the molecule is COc1cccc2c(NCCCN(C)C)nccc12. The lowest BCUT2D eigenvalue weighted by Gasteiger charge is -2.12. The molecule has 0 unspecified atom stereocenters. The molecule has 1 aromatic carbocycles. The van der Waals surface area contributed by atoms with Gasteiger partial charge in [-0.15, -0.1) is 0 Å². The molecule has 0 fully saturated rings. The Hall–Kier alpha value is -1.81. The zero-order valence-electron chi connectivity index (χ0n) is 11.8. The molecule has 1 heterocycles. The molecule has 0 saturated heterocycles. The van der Waals surface area contributed by atoms with Crippen molar-refractivity contribution < 1.29 is 4.74 Å². The second kappa shape index (κ2) is 6.38. The summed E-state index contributed by atoms with van der Waals surface area (Å²) in [5, 5.41) is 5.60. The number of fused-ring (bicyclic) bond motifs is 1. The Kier molecular flexibility index (Phi) is 4.58. The largest absolute Gasteiger partial charge is 0.496 e. The van der Waals surface area contributed by atoms with Crippen LogP contribution in [0.2, 0.25) is 0 Å². The lowest BCUT2D eigenvalue weighted by atomic mass is 10.1. The Bertz CT molecular complexity index is 540. The predicted octanol–water partition coefficient (Wildman–Crippen LogP) is 2.61. The first kappa shape index (κ1) is 13.6. The molecule has 19 heavy (non-hydrogen) atoms. The Morgan fingerprint density at radius 1 is 1.21 bits per heavy atom. The second-order valence-corrected chi connectivity index (χ2v) is 4.80. The van der Waals surface area contributed by atoms with Crippen LogP contribution >= 0.6 is 0 Å². The van der Waals surface area contributed by atoms with Crippen molar-refractivity contribution in [2.24, 2.45) is 0 Å². The van der Waals surface area contributed by atoms with Gasteiger partial charge in [-0.1, -0.05) is 12.1 Å². The van der Waals surface area contributed by atoms with Gasteiger partial charge in [0.1, 0.15) is 11.6 Å². The summed E-state index contributed by atoms with van der Waals surface area (Å²) in [4.78, 5) is 6.60. The molecule has 1 N–H and O–H groups in total. The van der Waals surface area contributed by atoms with E-state index in [2.05, 4.69) is 35.4 Å². The van der Waals surface area contributed by atoms with Crippen molar-refractivity contribution in [2.45, 2.75) is 6.42 Å². The predicted molar refractivity (Wildman–Crippen MR) is 80.0 cm³/mol. The van der Waals surface area contributed by atoms with Crippen molar-refractivity contribution in [3.05, 3.63) is 30.5 Å². The number of nitrogens with one attached hydrogen (secondary N) is 1. The van der Waals surface area contributed by atoms with Crippen molar-refractivity contribution in [3.8, 4) is 5.75 Å². The molecule has 0 aliphatic heterocycles. The van der Waals surface area contributed by atoms with Crippen molar-refractivity contribution in [2.75, 3.05) is 39.6 Å². The third-order valence-electron chi connectivity index (χ3n) is 3.06. The molecule has 0 saturated carbocycles. The zero-order chi connectivity index (χ0) is 13.7. The molecule has 0 bridgehead atoms. The van der Waals surface area contributed by atoms with Crippen molar-refractivity contribution in [1.82, 2.24) is 9.88 Å². The first-order chi connectivity index (χ1) is 9.22. The van der Waals surface area contributed by atoms with Gasteiger partial charge in [-0.3, -0.25) is 0 Å². The summed E-state index contributed by atoms with van der Waals surface area (Å²) in [6.07, 6.45) is 2.91. The Morgan fingerprint density at radius 3 is 2.79 bits per heavy atom. The average molecular weight is 259 g/mol. The zero-order valence-corrected chi connectivity index (χ0v) is 11.8. The fourth-order valence-electron chi connectivity index (χ4n) is 2.10. The molecular weight excluding hydrogens is 238 g/mol. The van der Waals surface area contributed by atoms with E-state index in [1.807, 2.05) is 24.4 Å². The van der Waals surface area contributed by atoms with Crippen LogP contribution in [0.3, 0.4) is 0 Å². The maximum atomic E-state index is 5.38. The Morgan fingerprint density at radius 2 is 2.05 bits per heavy atom. The number of anilines is 1. The quantitative estimate of drug-likeness (QED) is 0.809. The van der Waals surface area contributed by atoms with Crippen LogP contribution in [0.4, 0.5) is 5.82 Å². The Labute approximate surface area is 114 Å². The van der Waals surface area contributed by atoms with Gasteiger partial charge in [0.25, 0.3) is 0 Å². The number of hydrogen-bond donors (Lipinski definition) is 1. The van der Waals surface area contributed by atoms with Crippen LogP contribution in [-0.2, 0) is 0 Å². The topological polar surface area (TPSA) is 37.4 Å². The number of methoxy groups -OCH3 is 1. The molecule has 1 aromatic heterocycles. The van der Waals surface area contributed by atoms with E-state index < -0.39 is 0 Å².